The van der Waals surface area contributed by atoms with E-state index in [9.17, 15) is 9.59 Å². The molecule has 0 heterocycles. The Labute approximate surface area is 99.8 Å². The topological polar surface area (TPSA) is 78.4 Å². The van der Waals surface area contributed by atoms with Gasteiger partial charge in [-0.2, -0.15) is 0 Å². The summed E-state index contributed by atoms with van der Waals surface area (Å²) in [4.78, 5) is 22.7. The van der Waals surface area contributed by atoms with Crippen molar-refractivity contribution in [2.45, 2.75) is 13.3 Å². The van der Waals surface area contributed by atoms with E-state index in [0.717, 1.165) is 5.56 Å². The van der Waals surface area contributed by atoms with Crippen LogP contribution in [0, 0.1) is 6.92 Å². The number of carbonyl (C=O) groups excluding carboxylic acids is 2. The minimum atomic E-state index is -0.702. The number of aliphatic hydroxyl groups excluding tert-OH is 1. The molecule has 0 saturated carbocycles. The van der Waals surface area contributed by atoms with Gasteiger partial charge in [0.05, 0.1) is 0 Å². The molecule has 17 heavy (non-hydrogen) atoms. The van der Waals surface area contributed by atoms with Crippen LogP contribution in [-0.4, -0.2) is 30.1 Å². The summed E-state index contributed by atoms with van der Waals surface area (Å²) in [5, 5.41) is 13.4. The molecule has 0 fully saturated rings. The van der Waals surface area contributed by atoms with Crippen LogP contribution in [0.3, 0.4) is 0 Å². The van der Waals surface area contributed by atoms with Crippen molar-refractivity contribution in [2.75, 3.05) is 18.5 Å². The Morgan fingerprint density at radius 3 is 2.41 bits per heavy atom. The number of benzene rings is 1. The van der Waals surface area contributed by atoms with E-state index in [4.69, 9.17) is 5.11 Å². The van der Waals surface area contributed by atoms with E-state index in [0.29, 0.717) is 12.1 Å². The summed E-state index contributed by atoms with van der Waals surface area (Å²) < 4.78 is 0. The third kappa shape index (κ3) is 4.65. The highest BCUT2D eigenvalue weighted by molar-refractivity contribution is 6.39. The molecule has 0 spiro atoms. The molecule has 0 bridgehead atoms. The molecule has 1 aromatic carbocycles. The fourth-order valence-corrected chi connectivity index (χ4v) is 1.19. The van der Waals surface area contributed by atoms with E-state index >= 15 is 0 Å². The lowest BCUT2D eigenvalue weighted by atomic mass is 10.2. The minimum Gasteiger partial charge on any atom is -0.396 e. The van der Waals surface area contributed by atoms with Crippen molar-refractivity contribution in [3.63, 3.8) is 0 Å². The maximum atomic E-state index is 11.4. The van der Waals surface area contributed by atoms with E-state index in [2.05, 4.69) is 10.6 Å². The van der Waals surface area contributed by atoms with Crippen molar-refractivity contribution in [3.8, 4) is 0 Å². The molecule has 0 unspecified atom stereocenters. The zero-order chi connectivity index (χ0) is 12.7. The number of aryl methyl sites for hydroxylation is 1. The SMILES string of the molecule is Cc1ccc(NC(=O)C(=O)NCCCO)cc1. The average molecular weight is 236 g/mol. The zero-order valence-corrected chi connectivity index (χ0v) is 9.69. The van der Waals surface area contributed by atoms with Gasteiger partial charge in [0, 0.05) is 18.8 Å². The van der Waals surface area contributed by atoms with Gasteiger partial charge in [-0.25, -0.2) is 0 Å². The molecule has 0 atom stereocenters. The second-order valence-electron chi connectivity index (χ2n) is 3.65. The molecular weight excluding hydrogens is 220 g/mol. The Bertz CT molecular complexity index is 387. The van der Waals surface area contributed by atoms with Crippen molar-refractivity contribution in [1.82, 2.24) is 5.32 Å². The molecule has 0 aromatic heterocycles. The van der Waals surface area contributed by atoms with Gasteiger partial charge >= 0.3 is 11.8 Å². The Morgan fingerprint density at radius 1 is 1.18 bits per heavy atom. The molecular formula is C12H16N2O3. The Hall–Kier alpha value is -1.88. The third-order valence-corrected chi connectivity index (χ3v) is 2.14. The standard InChI is InChI=1S/C12H16N2O3/c1-9-3-5-10(6-4-9)14-12(17)11(16)13-7-2-8-15/h3-6,15H,2,7-8H2,1H3,(H,13,16)(H,14,17). The van der Waals surface area contributed by atoms with Gasteiger partial charge in [0.2, 0.25) is 0 Å². The van der Waals surface area contributed by atoms with E-state index in [-0.39, 0.29) is 13.2 Å². The van der Waals surface area contributed by atoms with E-state index < -0.39 is 11.8 Å². The lowest BCUT2D eigenvalue weighted by molar-refractivity contribution is -0.136. The van der Waals surface area contributed by atoms with Crippen LogP contribution in [0.4, 0.5) is 5.69 Å². The average Bonchev–Trinajstić information content (AvgIpc) is 2.32. The summed E-state index contributed by atoms with van der Waals surface area (Å²) in [7, 11) is 0. The molecule has 0 saturated heterocycles. The van der Waals surface area contributed by atoms with Crippen molar-refractivity contribution in [3.05, 3.63) is 29.8 Å². The van der Waals surface area contributed by atoms with Gasteiger partial charge < -0.3 is 15.7 Å². The monoisotopic (exact) mass is 236 g/mol. The number of aliphatic hydroxyl groups is 1. The van der Waals surface area contributed by atoms with Crippen LogP contribution in [0.25, 0.3) is 0 Å². The second kappa shape index (κ2) is 6.65. The van der Waals surface area contributed by atoms with E-state index in [1.165, 1.54) is 0 Å². The maximum Gasteiger partial charge on any atom is 0.313 e. The lowest BCUT2D eigenvalue weighted by Gasteiger charge is -2.06. The molecule has 0 radical (unpaired) electrons. The van der Waals surface area contributed by atoms with Crippen LogP contribution in [-0.2, 0) is 9.59 Å². The number of carbonyl (C=O) groups is 2. The van der Waals surface area contributed by atoms with Crippen molar-refractivity contribution >= 4 is 17.5 Å². The molecule has 0 aliphatic heterocycles. The summed E-state index contributed by atoms with van der Waals surface area (Å²) >= 11 is 0. The summed E-state index contributed by atoms with van der Waals surface area (Å²) in [5.74, 6) is -1.40. The van der Waals surface area contributed by atoms with Gasteiger partial charge in [-0.3, -0.25) is 9.59 Å². The highest BCUT2D eigenvalue weighted by Crippen LogP contribution is 2.07. The van der Waals surface area contributed by atoms with Gasteiger partial charge in [0.25, 0.3) is 0 Å². The van der Waals surface area contributed by atoms with Crippen molar-refractivity contribution in [2.24, 2.45) is 0 Å². The highest BCUT2D eigenvalue weighted by Gasteiger charge is 2.12. The molecule has 1 aromatic rings. The Balaban J connectivity index is 2.43. The number of amides is 2. The summed E-state index contributed by atoms with van der Waals surface area (Å²) in [5.41, 5.74) is 1.66. The number of nitrogens with one attached hydrogen (secondary N) is 2. The largest absolute Gasteiger partial charge is 0.396 e. The van der Waals surface area contributed by atoms with Gasteiger partial charge in [-0.15, -0.1) is 0 Å². The van der Waals surface area contributed by atoms with E-state index in [1.54, 1.807) is 12.1 Å². The second-order valence-corrected chi connectivity index (χ2v) is 3.65. The molecule has 2 amide bonds. The smallest absolute Gasteiger partial charge is 0.313 e. The molecule has 5 nitrogen and oxygen atoms in total. The molecule has 3 N–H and O–H groups in total. The van der Waals surface area contributed by atoms with Crippen LogP contribution in [0.15, 0.2) is 24.3 Å². The Morgan fingerprint density at radius 2 is 1.82 bits per heavy atom. The van der Waals surface area contributed by atoms with Crippen LogP contribution in [0.5, 0.6) is 0 Å². The normalized spacial score (nSPS) is 9.76. The molecule has 1 rings (SSSR count). The first kappa shape index (κ1) is 13.2. The number of hydrogen-bond acceptors (Lipinski definition) is 3. The fraction of sp³-hybridized carbons (Fsp3) is 0.333. The molecule has 5 heteroatoms. The first-order valence-electron chi connectivity index (χ1n) is 5.40. The van der Waals surface area contributed by atoms with Crippen LogP contribution in [0.2, 0.25) is 0 Å². The first-order valence-corrected chi connectivity index (χ1v) is 5.40. The summed E-state index contributed by atoms with van der Waals surface area (Å²) in [6.07, 6.45) is 0.434. The Kier molecular flexibility index (Phi) is 5.16. The van der Waals surface area contributed by atoms with Gasteiger partial charge in [-0.1, -0.05) is 17.7 Å². The number of hydrogen-bond donors (Lipinski definition) is 3. The molecule has 0 aliphatic rings. The molecule has 0 aliphatic carbocycles. The van der Waals surface area contributed by atoms with Crippen molar-refractivity contribution in [1.29, 1.82) is 0 Å². The summed E-state index contributed by atoms with van der Waals surface area (Å²) in [6.45, 7) is 2.21. The third-order valence-electron chi connectivity index (χ3n) is 2.14. The van der Waals surface area contributed by atoms with E-state index in [1.807, 2.05) is 19.1 Å². The fourth-order valence-electron chi connectivity index (χ4n) is 1.19. The predicted molar refractivity (Wildman–Crippen MR) is 64.5 cm³/mol. The van der Waals surface area contributed by atoms with Crippen LogP contribution >= 0.6 is 0 Å². The van der Waals surface area contributed by atoms with Crippen LogP contribution in [0.1, 0.15) is 12.0 Å². The quantitative estimate of drug-likeness (QED) is 0.524. The van der Waals surface area contributed by atoms with Gasteiger partial charge in [-0.05, 0) is 25.5 Å². The lowest BCUT2D eigenvalue weighted by Crippen LogP contribution is -2.36. The zero-order valence-electron chi connectivity index (χ0n) is 9.69. The molecule has 92 valence electrons. The number of rotatable bonds is 4. The first-order chi connectivity index (χ1) is 8.13. The number of anilines is 1. The van der Waals surface area contributed by atoms with Gasteiger partial charge in [0.15, 0.2) is 0 Å². The summed E-state index contributed by atoms with van der Waals surface area (Å²) in [6, 6.07) is 7.15. The van der Waals surface area contributed by atoms with Crippen molar-refractivity contribution < 1.29 is 14.7 Å². The highest BCUT2D eigenvalue weighted by atomic mass is 16.3. The van der Waals surface area contributed by atoms with Gasteiger partial charge in [0.1, 0.15) is 0 Å². The predicted octanol–water partition coefficient (Wildman–Crippen LogP) is 0.432. The van der Waals surface area contributed by atoms with Crippen LogP contribution < -0.4 is 10.6 Å². The maximum absolute atomic E-state index is 11.4. The minimum absolute atomic E-state index is 0.0140.